The van der Waals surface area contributed by atoms with Crippen molar-refractivity contribution >= 4 is 15.9 Å². The topological polar surface area (TPSA) is 12.9 Å². The largest absolute Gasteiger partial charge is 0.261 e. The summed E-state index contributed by atoms with van der Waals surface area (Å²) in [6.45, 7) is 1.88. The van der Waals surface area contributed by atoms with E-state index < -0.39 is 16.5 Å². The van der Waals surface area contributed by atoms with Crippen LogP contribution in [-0.2, 0) is 0 Å². The van der Waals surface area contributed by atoms with Crippen molar-refractivity contribution in [3.63, 3.8) is 0 Å². The van der Waals surface area contributed by atoms with Gasteiger partial charge >= 0.3 is 0 Å². The average molecular weight is 312 g/mol. The van der Waals surface area contributed by atoms with E-state index in [0.717, 1.165) is 5.69 Å². The molecule has 1 aromatic carbocycles. The van der Waals surface area contributed by atoms with Gasteiger partial charge in [0.05, 0.1) is 4.83 Å². The van der Waals surface area contributed by atoms with Gasteiger partial charge < -0.3 is 0 Å². The summed E-state index contributed by atoms with van der Waals surface area (Å²) in [6, 6.07) is 9.39. The number of halogens is 3. The van der Waals surface area contributed by atoms with Crippen molar-refractivity contribution < 1.29 is 8.78 Å². The highest BCUT2D eigenvalue weighted by atomic mass is 79.9. The number of hydrogen-bond acceptors (Lipinski definition) is 1. The molecule has 2 atom stereocenters. The fourth-order valence-electron chi connectivity index (χ4n) is 1.82. The number of rotatable bonds is 3. The first-order valence-electron chi connectivity index (χ1n) is 5.60. The minimum Gasteiger partial charge on any atom is -0.261 e. The van der Waals surface area contributed by atoms with Crippen molar-refractivity contribution in [1.82, 2.24) is 4.98 Å². The molecule has 2 aromatic rings. The van der Waals surface area contributed by atoms with E-state index in [4.69, 9.17) is 0 Å². The molecule has 2 unspecified atom stereocenters. The molecule has 1 nitrogen and oxygen atoms in total. The first-order chi connectivity index (χ1) is 8.61. The van der Waals surface area contributed by atoms with Crippen LogP contribution in [0.2, 0.25) is 0 Å². The Labute approximate surface area is 113 Å². The van der Waals surface area contributed by atoms with Crippen LogP contribution >= 0.6 is 15.9 Å². The number of aromatic nitrogens is 1. The molecule has 1 aromatic heterocycles. The molecule has 0 amide bonds. The average Bonchev–Trinajstić information content (AvgIpc) is 2.38. The molecule has 0 aliphatic rings. The highest BCUT2D eigenvalue weighted by molar-refractivity contribution is 9.09. The van der Waals surface area contributed by atoms with E-state index in [0.29, 0.717) is 0 Å². The summed E-state index contributed by atoms with van der Waals surface area (Å²) in [5, 5.41) is 0. The highest BCUT2D eigenvalue weighted by Gasteiger charge is 2.24. The Balaban J connectivity index is 2.34. The van der Waals surface area contributed by atoms with Crippen LogP contribution < -0.4 is 0 Å². The molecule has 0 saturated carbocycles. The van der Waals surface area contributed by atoms with Crippen LogP contribution in [0.5, 0.6) is 0 Å². The lowest BCUT2D eigenvalue weighted by Crippen LogP contribution is -2.08. The van der Waals surface area contributed by atoms with Crippen LogP contribution in [0.25, 0.3) is 0 Å². The maximum absolute atomic E-state index is 13.7. The summed E-state index contributed by atoms with van der Waals surface area (Å²) in [5.41, 5.74) is 0.845. The maximum atomic E-state index is 13.7. The zero-order valence-electron chi connectivity index (χ0n) is 9.78. The summed E-state index contributed by atoms with van der Waals surface area (Å²) < 4.78 is 27.4. The molecule has 0 saturated heterocycles. The van der Waals surface area contributed by atoms with Gasteiger partial charge in [0, 0.05) is 23.4 Å². The van der Waals surface area contributed by atoms with Gasteiger partial charge in [-0.25, -0.2) is 8.78 Å². The van der Waals surface area contributed by atoms with Gasteiger partial charge in [-0.3, -0.25) is 4.98 Å². The number of nitrogens with zero attached hydrogens (tertiary/aromatic N) is 1. The van der Waals surface area contributed by atoms with Crippen molar-refractivity contribution in [2.45, 2.75) is 17.7 Å². The van der Waals surface area contributed by atoms with E-state index in [9.17, 15) is 8.78 Å². The molecular weight excluding hydrogens is 300 g/mol. The lowest BCUT2D eigenvalue weighted by atomic mass is 9.96. The van der Waals surface area contributed by atoms with Gasteiger partial charge in [0.1, 0.15) is 11.6 Å². The van der Waals surface area contributed by atoms with E-state index >= 15 is 0 Å². The molecule has 4 heteroatoms. The van der Waals surface area contributed by atoms with Crippen molar-refractivity contribution in [2.24, 2.45) is 0 Å². The Hall–Kier alpha value is -1.29. The van der Waals surface area contributed by atoms with Crippen LogP contribution in [0.3, 0.4) is 0 Å². The van der Waals surface area contributed by atoms with Gasteiger partial charge in [-0.1, -0.05) is 35.0 Å². The first kappa shape index (κ1) is 13.1. The first-order valence-corrected chi connectivity index (χ1v) is 6.51. The Morgan fingerprint density at radius 3 is 2.28 bits per heavy atom. The van der Waals surface area contributed by atoms with Crippen molar-refractivity contribution in [3.05, 3.63) is 65.5 Å². The second-order valence-electron chi connectivity index (χ2n) is 4.08. The molecule has 18 heavy (non-hydrogen) atoms. The van der Waals surface area contributed by atoms with E-state index in [2.05, 4.69) is 20.9 Å². The highest BCUT2D eigenvalue weighted by Crippen LogP contribution is 2.39. The Morgan fingerprint density at radius 2 is 1.72 bits per heavy atom. The Bertz CT molecular complexity index is 510. The molecular formula is C14H12BrF2N. The molecule has 1 heterocycles. The van der Waals surface area contributed by atoms with Gasteiger partial charge in [-0.2, -0.15) is 0 Å². The predicted molar refractivity (Wildman–Crippen MR) is 70.7 cm³/mol. The zero-order valence-corrected chi connectivity index (χ0v) is 11.4. The minimum atomic E-state index is -0.542. The van der Waals surface area contributed by atoms with Crippen molar-refractivity contribution in [2.75, 3.05) is 0 Å². The fourth-order valence-corrected chi connectivity index (χ4v) is 2.53. The standard InChI is InChI=1S/C14H12BrF2N/c1-9(12-7-2-3-8-18-12)14(15)13-10(16)5-4-6-11(13)17/h2-9,14H,1H3. The molecule has 0 bridgehead atoms. The van der Waals surface area contributed by atoms with E-state index in [1.54, 1.807) is 6.20 Å². The predicted octanol–water partition coefficient (Wildman–Crippen LogP) is 4.60. The second kappa shape index (κ2) is 5.57. The number of alkyl halides is 1. The van der Waals surface area contributed by atoms with Gasteiger partial charge in [0.2, 0.25) is 0 Å². The molecule has 94 valence electrons. The molecule has 0 N–H and O–H groups in total. The summed E-state index contributed by atoms with van der Waals surface area (Å²) in [7, 11) is 0. The summed E-state index contributed by atoms with van der Waals surface area (Å²) in [5.74, 6) is -1.21. The van der Waals surface area contributed by atoms with Gasteiger partial charge in [0.25, 0.3) is 0 Å². The Kier molecular flexibility index (Phi) is 4.07. The van der Waals surface area contributed by atoms with Crippen LogP contribution in [0.1, 0.15) is 28.9 Å². The zero-order chi connectivity index (χ0) is 13.1. The monoisotopic (exact) mass is 311 g/mol. The van der Waals surface area contributed by atoms with E-state index in [1.807, 2.05) is 25.1 Å². The van der Waals surface area contributed by atoms with Gasteiger partial charge in [0.15, 0.2) is 0 Å². The number of pyridine rings is 1. The Morgan fingerprint density at radius 1 is 1.06 bits per heavy atom. The molecule has 0 spiro atoms. The number of benzene rings is 1. The van der Waals surface area contributed by atoms with Crippen LogP contribution in [0.4, 0.5) is 8.78 Å². The molecule has 0 fully saturated rings. The SMILES string of the molecule is CC(c1ccccn1)C(Br)c1c(F)cccc1F. The van der Waals surface area contributed by atoms with E-state index in [-0.39, 0.29) is 11.5 Å². The normalized spacial score (nSPS) is 14.2. The van der Waals surface area contributed by atoms with Gasteiger partial charge in [-0.05, 0) is 24.3 Å². The van der Waals surface area contributed by atoms with Crippen LogP contribution in [0, 0.1) is 11.6 Å². The van der Waals surface area contributed by atoms with Crippen LogP contribution in [-0.4, -0.2) is 4.98 Å². The van der Waals surface area contributed by atoms with E-state index in [1.165, 1.54) is 18.2 Å². The third-order valence-electron chi connectivity index (χ3n) is 2.87. The summed E-state index contributed by atoms with van der Waals surface area (Å²) >= 11 is 3.37. The third-order valence-corrected chi connectivity index (χ3v) is 4.12. The van der Waals surface area contributed by atoms with Crippen molar-refractivity contribution in [3.8, 4) is 0 Å². The lowest BCUT2D eigenvalue weighted by Gasteiger charge is -2.19. The number of hydrogen-bond donors (Lipinski definition) is 0. The fraction of sp³-hybridized carbons (Fsp3) is 0.214. The quantitative estimate of drug-likeness (QED) is 0.755. The lowest BCUT2D eigenvalue weighted by molar-refractivity contribution is 0.540. The molecule has 0 aliphatic heterocycles. The second-order valence-corrected chi connectivity index (χ2v) is 5.07. The van der Waals surface area contributed by atoms with Crippen LogP contribution in [0.15, 0.2) is 42.6 Å². The molecule has 2 rings (SSSR count). The molecule has 0 radical (unpaired) electrons. The summed E-state index contributed by atoms with van der Waals surface area (Å²) in [6.07, 6.45) is 1.67. The van der Waals surface area contributed by atoms with Gasteiger partial charge in [-0.15, -0.1) is 0 Å². The third kappa shape index (κ3) is 2.58. The maximum Gasteiger partial charge on any atom is 0.130 e. The summed E-state index contributed by atoms with van der Waals surface area (Å²) in [4.78, 5) is 3.76. The smallest absolute Gasteiger partial charge is 0.130 e. The molecule has 0 aliphatic carbocycles. The van der Waals surface area contributed by atoms with Crippen molar-refractivity contribution in [1.29, 1.82) is 0 Å². The minimum absolute atomic E-state index is 0.0515.